The largest absolute Gasteiger partial charge is 0.387 e. The van der Waals surface area contributed by atoms with E-state index in [4.69, 9.17) is 18.0 Å². The molecule has 0 bridgehead atoms. The topological polar surface area (TPSA) is 67.1 Å². The Balaban J connectivity index is 1.86. The lowest BCUT2D eigenvalue weighted by Crippen LogP contribution is -2.20. The third-order valence-electron chi connectivity index (χ3n) is 3.96. The fraction of sp³-hybridized carbons (Fsp3) is 0.278. The van der Waals surface area contributed by atoms with Gasteiger partial charge in [0.05, 0.1) is 19.0 Å². The normalized spacial score (nSPS) is 12.1. The van der Waals surface area contributed by atoms with Crippen molar-refractivity contribution in [3.8, 4) is 12.3 Å². The predicted octanol–water partition coefficient (Wildman–Crippen LogP) is 2.67. The lowest BCUT2D eigenvalue weighted by Gasteiger charge is -2.17. The average molecular weight is 356 g/mol. The summed E-state index contributed by atoms with van der Waals surface area (Å²) in [6.45, 7) is 1.02. The molecule has 0 saturated carbocycles. The monoisotopic (exact) mass is 355 g/mol. The minimum absolute atomic E-state index is 0.336. The maximum Gasteiger partial charge on any atom is 0.165 e. The Morgan fingerprint density at radius 1 is 1.28 bits per heavy atom. The van der Waals surface area contributed by atoms with E-state index in [1.807, 2.05) is 16.5 Å². The Bertz CT molecular complexity index is 900. The number of aliphatic hydroxyl groups is 1. The van der Waals surface area contributed by atoms with Crippen LogP contribution in [0.4, 0.5) is 5.82 Å². The highest BCUT2D eigenvalue weighted by Gasteiger charge is 2.16. The molecule has 1 N–H and O–H groups in total. The van der Waals surface area contributed by atoms with Crippen molar-refractivity contribution < 1.29 is 5.11 Å². The second kappa shape index (κ2) is 7.51. The Kier molecular flexibility index (Phi) is 5.17. The van der Waals surface area contributed by atoms with Gasteiger partial charge in [-0.15, -0.1) is 12.3 Å². The summed E-state index contributed by atoms with van der Waals surface area (Å²) in [7, 11) is 1.92. The molecule has 0 saturated heterocycles. The fourth-order valence-corrected chi connectivity index (χ4v) is 2.72. The molecule has 0 aliphatic rings. The first-order valence-corrected chi connectivity index (χ1v) is 8.22. The van der Waals surface area contributed by atoms with Crippen molar-refractivity contribution >= 4 is 28.6 Å². The van der Waals surface area contributed by atoms with Gasteiger partial charge in [0, 0.05) is 25.0 Å². The van der Waals surface area contributed by atoms with Crippen LogP contribution in [0.2, 0.25) is 5.02 Å². The number of halogens is 1. The number of hydrogen-bond acceptors (Lipinski definition) is 5. The number of terminal acetylenes is 1. The van der Waals surface area contributed by atoms with Gasteiger partial charge >= 0.3 is 0 Å². The van der Waals surface area contributed by atoms with Crippen molar-refractivity contribution in [1.29, 1.82) is 0 Å². The van der Waals surface area contributed by atoms with E-state index in [0.717, 1.165) is 11.4 Å². The smallest absolute Gasteiger partial charge is 0.165 e. The summed E-state index contributed by atoms with van der Waals surface area (Å²) in [5.41, 5.74) is 2.14. The van der Waals surface area contributed by atoms with E-state index in [2.05, 4.69) is 20.9 Å². The minimum atomic E-state index is -0.688. The summed E-state index contributed by atoms with van der Waals surface area (Å²) >= 11 is 5.89. The van der Waals surface area contributed by atoms with Gasteiger partial charge in [0.15, 0.2) is 17.0 Å². The third kappa shape index (κ3) is 3.73. The highest BCUT2D eigenvalue weighted by Crippen LogP contribution is 2.23. The second-order valence-corrected chi connectivity index (χ2v) is 6.15. The molecule has 0 spiro atoms. The molecular formula is C18H18ClN5O. The number of fused-ring (bicyclic) bond motifs is 1. The number of nitrogens with zero attached hydrogens (tertiary/aromatic N) is 5. The van der Waals surface area contributed by atoms with E-state index in [1.54, 1.807) is 30.6 Å². The predicted molar refractivity (Wildman–Crippen MR) is 98.5 cm³/mol. The Morgan fingerprint density at radius 2 is 2.04 bits per heavy atom. The van der Waals surface area contributed by atoms with E-state index in [9.17, 15) is 5.11 Å². The van der Waals surface area contributed by atoms with Gasteiger partial charge in [0.2, 0.25) is 0 Å². The Hall–Kier alpha value is -2.62. The molecule has 6 nitrogen and oxygen atoms in total. The molecule has 7 heteroatoms. The third-order valence-corrected chi connectivity index (χ3v) is 4.21. The zero-order valence-corrected chi connectivity index (χ0v) is 14.6. The zero-order chi connectivity index (χ0) is 17.8. The maximum atomic E-state index is 10.5. The van der Waals surface area contributed by atoms with Crippen molar-refractivity contribution in [1.82, 2.24) is 19.5 Å². The lowest BCUT2D eigenvalue weighted by molar-refractivity contribution is 0.157. The molecule has 0 amide bonds. The zero-order valence-electron chi connectivity index (χ0n) is 13.8. The van der Waals surface area contributed by atoms with Gasteiger partial charge in [0.25, 0.3) is 0 Å². The van der Waals surface area contributed by atoms with Gasteiger partial charge in [-0.05, 0) is 17.7 Å². The summed E-state index contributed by atoms with van der Waals surface area (Å²) in [6.07, 6.45) is 8.42. The molecule has 3 aromatic rings. The number of benzene rings is 1. The molecule has 128 valence electrons. The molecule has 0 aliphatic heterocycles. The number of aliphatic hydroxyl groups excluding tert-OH is 1. The SMILES string of the molecule is C#CCCN(C)c1ncnc2c1ncn2CC(O)c1ccc(Cl)cc1. The lowest BCUT2D eigenvalue weighted by atomic mass is 10.1. The van der Waals surface area contributed by atoms with Gasteiger partial charge in [-0.1, -0.05) is 23.7 Å². The van der Waals surface area contributed by atoms with Crippen LogP contribution in [0.5, 0.6) is 0 Å². The van der Waals surface area contributed by atoms with Crippen LogP contribution >= 0.6 is 11.6 Å². The van der Waals surface area contributed by atoms with Crippen molar-refractivity contribution in [3.05, 3.63) is 47.5 Å². The second-order valence-electron chi connectivity index (χ2n) is 5.71. The highest BCUT2D eigenvalue weighted by atomic mass is 35.5. The van der Waals surface area contributed by atoms with Crippen molar-refractivity contribution in [2.24, 2.45) is 0 Å². The van der Waals surface area contributed by atoms with Crippen LogP contribution in [0.15, 0.2) is 36.9 Å². The number of aromatic nitrogens is 4. The van der Waals surface area contributed by atoms with Gasteiger partial charge < -0.3 is 14.6 Å². The van der Waals surface area contributed by atoms with E-state index >= 15 is 0 Å². The summed E-state index contributed by atoms with van der Waals surface area (Å²) < 4.78 is 1.81. The standard InChI is InChI=1S/C18H18ClN5O/c1-3-4-9-23(2)17-16-18(21-11-20-17)24(12-22-16)10-15(25)13-5-7-14(19)8-6-13/h1,5-8,11-12,15,25H,4,9-10H2,2H3. The first kappa shape index (κ1) is 17.2. The summed E-state index contributed by atoms with van der Waals surface area (Å²) in [6, 6.07) is 7.12. The first-order valence-electron chi connectivity index (χ1n) is 7.84. The number of imidazole rings is 1. The van der Waals surface area contributed by atoms with E-state index < -0.39 is 6.10 Å². The molecule has 25 heavy (non-hydrogen) atoms. The summed E-state index contributed by atoms with van der Waals surface area (Å²) in [5, 5.41) is 11.1. The van der Waals surface area contributed by atoms with E-state index in [1.165, 1.54) is 6.33 Å². The Labute approximate surface area is 151 Å². The highest BCUT2D eigenvalue weighted by molar-refractivity contribution is 6.30. The molecule has 0 fully saturated rings. The first-order chi connectivity index (χ1) is 12.1. The number of hydrogen-bond donors (Lipinski definition) is 1. The molecule has 1 unspecified atom stereocenters. The number of anilines is 1. The maximum absolute atomic E-state index is 10.5. The fourth-order valence-electron chi connectivity index (χ4n) is 2.60. The van der Waals surface area contributed by atoms with Gasteiger partial charge in [-0.2, -0.15) is 0 Å². The summed E-state index contributed by atoms with van der Waals surface area (Å²) in [5.74, 6) is 3.34. The van der Waals surface area contributed by atoms with E-state index in [0.29, 0.717) is 35.7 Å². The quantitative estimate of drug-likeness (QED) is 0.688. The van der Waals surface area contributed by atoms with Crippen molar-refractivity contribution in [3.63, 3.8) is 0 Å². The van der Waals surface area contributed by atoms with Crippen molar-refractivity contribution in [2.45, 2.75) is 19.1 Å². The molecular weight excluding hydrogens is 338 g/mol. The van der Waals surface area contributed by atoms with Crippen LogP contribution in [0.3, 0.4) is 0 Å². The molecule has 0 aliphatic carbocycles. The minimum Gasteiger partial charge on any atom is -0.387 e. The van der Waals surface area contributed by atoms with Crippen LogP contribution in [0.25, 0.3) is 11.2 Å². The number of rotatable bonds is 6. The van der Waals surface area contributed by atoms with Crippen molar-refractivity contribution in [2.75, 3.05) is 18.5 Å². The molecule has 1 atom stereocenters. The molecule has 3 rings (SSSR count). The van der Waals surface area contributed by atoms with Crippen LogP contribution in [0, 0.1) is 12.3 Å². The van der Waals surface area contributed by atoms with Crippen LogP contribution in [-0.4, -0.2) is 38.2 Å². The summed E-state index contributed by atoms with van der Waals surface area (Å²) in [4.78, 5) is 15.0. The molecule has 0 radical (unpaired) electrons. The van der Waals surface area contributed by atoms with Crippen LogP contribution < -0.4 is 4.90 Å². The molecule has 2 aromatic heterocycles. The Morgan fingerprint density at radius 3 is 2.76 bits per heavy atom. The van der Waals surface area contributed by atoms with Gasteiger partial charge in [-0.25, -0.2) is 15.0 Å². The van der Waals surface area contributed by atoms with Gasteiger partial charge in [-0.3, -0.25) is 0 Å². The molecule has 1 aromatic carbocycles. The van der Waals surface area contributed by atoms with Crippen LogP contribution in [0.1, 0.15) is 18.1 Å². The van der Waals surface area contributed by atoms with Crippen LogP contribution in [-0.2, 0) is 6.54 Å². The average Bonchev–Trinajstić information content (AvgIpc) is 3.03. The van der Waals surface area contributed by atoms with E-state index in [-0.39, 0.29) is 0 Å². The van der Waals surface area contributed by atoms with Gasteiger partial charge in [0.1, 0.15) is 6.33 Å². The molecule has 2 heterocycles.